The molecular weight excluding hydrogens is 326 g/mol. The second-order valence-corrected chi connectivity index (χ2v) is 8.43. The highest BCUT2D eigenvalue weighted by molar-refractivity contribution is 7.91. The van der Waals surface area contributed by atoms with Crippen LogP contribution in [0.4, 0.5) is 17.5 Å². The summed E-state index contributed by atoms with van der Waals surface area (Å²) in [5.74, 6) is 1.40. The smallest absolute Gasteiger partial charge is 0.249 e. The van der Waals surface area contributed by atoms with E-state index < -0.39 is 9.84 Å². The monoisotopic (exact) mass is 347 g/mol. The van der Waals surface area contributed by atoms with E-state index in [9.17, 15) is 8.42 Å². The molecule has 0 aliphatic carbocycles. The van der Waals surface area contributed by atoms with Crippen LogP contribution in [0.5, 0.6) is 0 Å². The highest BCUT2D eigenvalue weighted by Crippen LogP contribution is 2.24. The van der Waals surface area contributed by atoms with Crippen LogP contribution in [-0.4, -0.2) is 48.2 Å². The lowest BCUT2D eigenvalue weighted by Crippen LogP contribution is -2.33. The second kappa shape index (κ2) is 6.35. The first-order valence-corrected chi connectivity index (χ1v) is 9.64. The molecule has 0 saturated carbocycles. The van der Waals surface area contributed by atoms with Crippen molar-refractivity contribution in [3.05, 3.63) is 35.5 Å². The summed E-state index contributed by atoms with van der Waals surface area (Å²) in [7, 11) is -1.09. The number of aryl methyl sites for hydroxylation is 2. The average Bonchev–Trinajstić information content (AvgIpc) is 2.91. The van der Waals surface area contributed by atoms with Gasteiger partial charge in [0.05, 0.1) is 17.7 Å². The third-order valence-corrected chi connectivity index (χ3v) is 6.13. The Labute approximate surface area is 142 Å². The maximum absolute atomic E-state index is 11.7. The number of hydrogen-bond acceptors (Lipinski definition) is 7. The molecule has 8 heteroatoms. The van der Waals surface area contributed by atoms with Gasteiger partial charge in [-0.25, -0.2) is 8.42 Å². The summed E-state index contributed by atoms with van der Waals surface area (Å²) in [6, 6.07) is 5.96. The van der Waals surface area contributed by atoms with Crippen molar-refractivity contribution in [1.82, 2.24) is 15.2 Å². The van der Waals surface area contributed by atoms with Crippen LogP contribution in [0.15, 0.2) is 24.4 Å². The largest absolute Gasteiger partial charge is 0.354 e. The molecule has 7 nitrogen and oxygen atoms in total. The summed E-state index contributed by atoms with van der Waals surface area (Å²) in [4.78, 5) is 6.36. The van der Waals surface area contributed by atoms with E-state index >= 15 is 0 Å². The Bertz CT molecular complexity index is 833. The molecule has 2 aromatic rings. The van der Waals surface area contributed by atoms with Crippen molar-refractivity contribution in [2.75, 3.05) is 28.8 Å². The predicted octanol–water partition coefficient (Wildman–Crippen LogP) is 1.86. The molecule has 1 aromatic heterocycles. The highest BCUT2D eigenvalue weighted by Gasteiger charge is 2.31. The fourth-order valence-corrected chi connectivity index (χ4v) is 4.68. The molecular formula is C16H21N5O2S. The van der Waals surface area contributed by atoms with Crippen molar-refractivity contribution in [2.45, 2.75) is 26.3 Å². The van der Waals surface area contributed by atoms with Crippen LogP contribution in [0, 0.1) is 13.8 Å². The maximum Gasteiger partial charge on any atom is 0.249 e. The van der Waals surface area contributed by atoms with Gasteiger partial charge in [0.25, 0.3) is 0 Å². The number of aromatic nitrogens is 3. The van der Waals surface area contributed by atoms with Gasteiger partial charge in [-0.15, -0.1) is 5.10 Å². The van der Waals surface area contributed by atoms with Gasteiger partial charge in [-0.2, -0.15) is 10.1 Å². The van der Waals surface area contributed by atoms with E-state index in [-0.39, 0.29) is 17.5 Å². The zero-order valence-electron chi connectivity index (χ0n) is 14.0. The Morgan fingerprint density at radius 1 is 1.25 bits per heavy atom. The minimum atomic E-state index is -2.94. The van der Waals surface area contributed by atoms with E-state index in [1.165, 1.54) is 0 Å². The lowest BCUT2D eigenvalue weighted by Gasteiger charge is -2.24. The molecule has 1 fully saturated rings. The van der Waals surface area contributed by atoms with E-state index in [1.54, 1.807) is 6.20 Å². The molecule has 3 rings (SSSR count). The van der Waals surface area contributed by atoms with Crippen molar-refractivity contribution in [1.29, 1.82) is 0 Å². The third kappa shape index (κ3) is 3.48. The Morgan fingerprint density at radius 3 is 2.58 bits per heavy atom. The molecule has 1 unspecified atom stereocenters. The number of nitrogens with one attached hydrogen (secondary N) is 1. The number of nitrogens with zero attached hydrogens (tertiary/aromatic N) is 4. The van der Waals surface area contributed by atoms with E-state index in [4.69, 9.17) is 0 Å². The first-order chi connectivity index (χ1) is 11.4. The molecule has 0 amide bonds. The normalized spacial score (nSPS) is 19.2. The highest BCUT2D eigenvalue weighted by atomic mass is 32.2. The third-order valence-electron chi connectivity index (χ3n) is 4.38. The number of rotatable bonds is 4. The Morgan fingerprint density at radius 2 is 1.96 bits per heavy atom. The quantitative estimate of drug-likeness (QED) is 0.903. The molecule has 1 saturated heterocycles. The van der Waals surface area contributed by atoms with Crippen molar-refractivity contribution < 1.29 is 8.42 Å². The number of hydrogen-bond donors (Lipinski definition) is 1. The zero-order valence-corrected chi connectivity index (χ0v) is 14.8. The summed E-state index contributed by atoms with van der Waals surface area (Å²) in [6.45, 7) is 4.03. The standard InChI is InChI=1S/C16H21N5O2S/c1-11-5-4-6-12(2)15(11)19-16-18-14(9-17-20-16)21(3)13-7-8-24(22,23)10-13/h4-6,9,13H,7-8,10H2,1-3H3,(H,18,19,20). The van der Waals surface area contributed by atoms with Crippen LogP contribution >= 0.6 is 0 Å². The van der Waals surface area contributed by atoms with E-state index in [0.717, 1.165) is 16.8 Å². The molecule has 2 heterocycles. The molecule has 1 atom stereocenters. The number of anilines is 3. The summed E-state index contributed by atoms with van der Waals surface area (Å²) in [6.07, 6.45) is 2.17. The van der Waals surface area contributed by atoms with Crippen LogP contribution in [0.25, 0.3) is 0 Å². The molecule has 0 spiro atoms. The van der Waals surface area contributed by atoms with Gasteiger partial charge in [0.2, 0.25) is 5.95 Å². The number of benzene rings is 1. The fraction of sp³-hybridized carbons (Fsp3) is 0.438. The van der Waals surface area contributed by atoms with Gasteiger partial charge in [-0.3, -0.25) is 0 Å². The lowest BCUT2D eigenvalue weighted by molar-refractivity contribution is 0.600. The van der Waals surface area contributed by atoms with Crippen LogP contribution < -0.4 is 10.2 Å². The molecule has 24 heavy (non-hydrogen) atoms. The van der Waals surface area contributed by atoms with E-state index in [0.29, 0.717) is 18.2 Å². The van der Waals surface area contributed by atoms with Gasteiger partial charge in [0.15, 0.2) is 15.7 Å². The van der Waals surface area contributed by atoms with Crippen molar-refractivity contribution in [3.63, 3.8) is 0 Å². The minimum absolute atomic E-state index is 0.0697. The van der Waals surface area contributed by atoms with Crippen LogP contribution in [0.3, 0.4) is 0 Å². The summed E-state index contributed by atoms with van der Waals surface area (Å²) >= 11 is 0. The second-order valence-electron chi connectivity index (χ2n) is 6.20. The summed E-state index contributed by atoms with van der Waals surface area (Å²) in [5, 5.41) is 11.3. The molecule has 128 valence electrons. The zero-order chi connectivity index (χ0) is 17.3. The molecule has 0 bridgehead atoms. The maximum atomic E-state index is 11.7. The SMILES string of the molecule is Cc1cccc(C)c1Nc1nncc(N(C)C2CCS(=O)(=O)C2)n1. The van der Waals surface area contributed by atoms with Gasteiger partial charge in [0.1, 0.15) is 0 Å². The Kier molecular flexibility index (Phi) is 4.40. The number of para-hydroxylation sites is 1. The summed E-state index contributed by atoms with van der Waals surface area (Å²) in [5.41, 5.74) is 3.15. The first kappa shape index (κ1) is 16.6. The van der Waals surface area contributed by atoms with Crippen molar-refractivity contribution in [2.24, 2.45) is 0 Å². The van der Waals surface area contributed by atoms with Crippen LogP contribution in [0.2, 0.25) is 0 Å². The summed E-state index contributed by atoms with van der Waals surface area (Å²) < 4.78 is 23.3. The van der Waals surface area contributed by atoms with Gasteiger partial charge in [-0.05, 0) is 31.4 Å². The molecule has 1 aromatic carbocycles. The van der Waals surface area contributed by atoms with Gasteiger partial charge < -0.3 is 10.2 Å². The molecule has 1 aliphatic rings. The van der Waals surface area contributed by atoms with Gasteiger partial charge in [0, 0.05) is 18.8 Å². The topological polar surface area (TPSA) is 88.1 Å². The Balaban J connectivity index is 1.82. The molecule has 0 radical (unpaired) electrons. The molecule has 1 N–H and O–H groups in total. The fourth-order valence-electron chi connectivity index (χ4n) is 2.91. The van der Waals surface area contributed by atoms with Gasteiger partial charge >= 0.3 is 0 Å². The van der Waals surface area contributed by atoms with E-state index in [2.05, 4.69) is 20.5 Å². The minimum Gasteiger partial charge on any atom is -0.354 e. The van der Waals surface area contributed by atoms with Crippen molar-refractivity contribution >= 4 is 27.3 Å². The average molecular weight is 347 g/mol. The first-order valence-electron chi connectivity index (χ1n) is 7.82. The van der Waals surface area contributed by atoms with Gasteiger partial charge in [-0.1, -0.05) is 18.2 Å². The lowest BCUT2D eigenvalue weighted by atomic mass is 10.1. The Hall–Kier alpha value is -2.22. The van der Waals surface area contributed by atoms with Crippen LogP contribution in [0.1, 0.15) is 17.5 Å². The van der Waals surface area contributed by atoms with Crippen molar-refractivity contribution in [3.8, 4) is 0 Å². The predicted molar refractivity (Wildman–Crippen MR) is 94.5 cm³/mol. The number of sulfone groups is 1. The molecule has 1 aliphatic heterocycles. The van der Waals surface area contributed by atoms with Crippen LogP contribution in [-0.2, 0) is 9.84 Å². The van der Waals surface area contributed by atoms with E-state index in [1.807, 2.05) is 44.0 Å².